The molecule has 0 unspecified atom stereocenters. The molecule has 0 spiro atoms. The Hall–Kier alpha value is -1.09. The number of carbonyl (C=O) groups excluding carboxylic acids is 1. The Balaban J connectivity index is 2.33. The fourth-order valence-electron chi connectivity index (χ4n) is 4.80. The molecule has 0 aliphatic heterocycles. The van der Waals surface area contributed by atoms with E-state index in [1.54, 1.807) is 6.08 Å². The standard InChI is InChI=1S/C21H34O3/c1-7-19(3,23)13-14-20(4)15(2)10-11-17-16(20)9-8-12-21(17,5)18(22)24-6/h7,9,15,17,23H,1,8,10-14H2,2-6H3/t15-,17+,19+,20+,21+/m1/s1. The second-order valence-corrected chi connectivity index (χ2v) is 8.62. The number of carbonyl (C=O) groups is 1. The van der Waals surface area contributed by atoms with Crippen LogP contribution >= 0.6 is 0 Å². The van der Waals surface area contributed by atoms with Crippen molar-refractivity contribution in [1.29, 1.82) is 0 Å². The third-order valence-electron chi connectivity index (χ3n) is 7.05. The molecule has 0 aromatic rings. The predicted molar refractivity (Wildman–Crippen MR) is 97.5 cm³/mol. The van der Waals surface area contributed by atoms with Crippen molar-refractivity contribution in [3.05, 3.63) is 24.3 Å². The molecule has 0 amide bonds. The second kappa shape index (κ2) is 6.67. The molecule has 2 aliphatic rings. The van der Waals surface area contributed by atoms with E-state index in [0.29, 0.717) is 12.3 Å². The normalized spacial score (nSPS) is 38.5. The molecule has 3 heteroatoms. The van der Waals surface area contributed by atoms with E-state index in [2.05, 4.69) is 33.4 Å². The number of esters is 1. The number of hydrogen-bond donors (Lipinski definition) is 1. The van der Waals surface area contributed by atoms with Gasteiger partial charge >= 0.3 is 5.97 Å². The molecule has 1 N–H and O–H groups in total. The lowest BCUT2D eigenvalue weighted by Gasteiger charge is -2.53. The molecular weight excluding hydrogens is 300 g/mol. The Labute approximate surface area is 147 Å². The summed E-state index contributed by atoms with van der Waals surface area (Å²) in [5.74, 6) is 0.724. The molecule has 24 heavy (non-hydrogen) atoms. The lowest BCUT2D eigenvalue weighted by Crippen LogP contribution is -2.48. The Morgan fingerprint density at radius 3 is 2.75 bits per heavy atom. The molecule has 1 saturated carbocycles. The summed E-state index contributed by atoms with van der Waals surface area (Å²) in [5, 5.41) is 10.4. The summed E-state index contributed by atoms with van der Waals surface area (Å²) in [4.78, 5) is 12.5. The van der Waals surface area contributed by atoms with Crippen molar-refractivity contribution in [2.75, 3.05) is 7.11 Å². The Kier molecular flexibility index (Phi) is 5.34. The highest BCUT2D eigenvalue weighted by Crippen LogP contribution is 2.58. The van der Waals surface area contributed by atoms with Crippen LogP contribution in [-0.2, 0) is 9.53 Å². The summed E-state index contributed by atoms with van der Waals surface area (Å²) >= 11 is 0. The lowest BCUT2D eigenvalue weighted by molar-refractivity contribution is -0.156. The Morgan fingerprint density at radius 1 is 1.50 bits per heavy atom. The zero-order chi connectivity index (χ0) is 18.2. The van der Waals surface area contributed by atoms with Crippen molar-refractivity contribution >= 4 is 5.97 Å². The van der Waals surface area contributed by atoms with Crippen molar-refractivity contribution in [2.24, 2.45) is 22.7 Å². The first kappa shape index (κ1) is 19.2. The van der Waals surface area contributed by atoms with E-state index in [4.69, 9.17) is 4.74 Å². The fraction of sp³-hybridized carbons (Fsp3) is 0.762. The van der Waals surface area contributed by atoms with Gasteiger partial charge in [0.15, 0.2) is 0 Å². The van der Waals surface area contributed by atoms with Crippen LogP contribution in [0.2, 0.25) is 0 Å². The van der Waals surface area contributed by atoms with Crippen LogP contribution in [0.3, 0.4) is 0 Å². The van der Waals surface area contributed by atoms with Gasteiger partial charge in [0, 0.05) is 0 Å². The van der Waals surface area contributed by atoms with E-state index in [9.17, 15) is 9.90 Å². The average molecular weight is 335 g/mol. The molecule has 0 aromatic heterocycles. The minimum absolute atomic E-state index is 0.0195. The van der Waals surface area contributed by atoms with Crippen molar-refractivity contribution in [3.63, 3.8) is 0 Å². The number of ether oxygens (including phenoxy) is 1. The fourth-order valence-corrected chi connectivity index (χ4v) is 4.80. The largest absolute Gasteiger partial charge is 0.469 e. The van der Waals surface area contributed by atoms with Crippen LogP contribution in [0.4, 0.5) is 0 Å². The highest BCUT2D eigenvalue weighted by molar-refractivity contribution is 5.77. The van der Waals surface area contributed by atoms with Gasteiger partial charge in [0.2, 0.25) is 0 Å². The summed E-state index contributed by atoms with van der Waals surface area (Å²) in [7, 11) is 1.50. The molecule has 0 bridgehead atoms. The molecule has 0 heterocycles. The molecule has 0 radical (unpaired) electrons. The number of aliphatic hydroxyl groups is 1. The monoisotopic (exact) mass is 334 g/mol. The highest BCUT2D eigenvalue weighted by Gasteiger charge is 2.53. The summed E-state index contributed by atoms with van der Waals surface area (Å²) in [6.45, 7) is 12.3. The molecule has 3 nitrogen and oxygen atoms in total. The van der Waals surface area contributed by atoms with E-state index in [-0.39, 0.29) is 17.3 Å². The van der Waals surface area contributed by atoms with Gasteiger partial charge in [0.1, 0.15) is 0 Å². The molecule has 0 aromatic carbocycles. The zero-order valence-electron chi connectivity index (χ0n) is 16.0. The minimum atomic E-state index is -0.837. The Bertz CT molecular complexity index is 533. The zero-order valence-corrected chi connectivity index (χ0v) is 16.0. The first-order chi connectivity index (χ1) is 11.1. The summed E-state index contributed by atoms with van der Waals surface area (Å²) in [5.41, 5.74) is 0.184. The molecule has 136 valence electrons. The predicted octanol–water partition coefficient (Wildman–Crippen LogP) is 4.66. The van der Waals surface area contributed by atoms with Gasteiger partial charge in [-0.1, -0.05) is 31.6 Å². The summed E-state index contributed by atoms with van der Waals surface area (Å²) < 4.78 is 5.15. The van der Waals surface area contributed by atoms with Crippen LogP contribution in [0.15, 0.2) is 24.3 Å². The van der Waals surface area contributed by atoms with Crippen LogP contribution < -0.4 is 0 Å². The van der Waals surface area contributed by atoms with Gasteiger partial charge in [0.05, 0.1) is 18.1 Å². The van der Waals surface area contributed by atoms with Crippen molar-refractivity contribution in [3.8, 4) is 0 Å². The minimum Gasteiger partial charge on any atom is -0.469 e. The van der Waals surface area contributed by atoms with E-state index < -0.39 is 11.0 Å². The van der Waals surface area contributed by atoms with Crippen LogP contribution in [0, 0.1) is 22.7 Å². The van der Waals surface area contributed by atoms with Gasteiger partial charge < -0.3 is 9.84 Å². The first-order valence-corrected chi connectivity index (χ1v) is 9.25. The quantitative estimate of drug-likeness (QED) is 0.588. The summed E-state index contributed by atoms with van der Waals surface area (Å²) in [6, 6.07) is 0. The number of allylic oxidation sites excluding steroid dienone is 2. The smallest absolute Gasteiger partial charge is 0.312 e. The maximum absolute atomic E-state index is 12.5. The topological polar surface area (TPSA) is 46.5 Å². The SMILES string of the molecule is C=C[C@](C)(O)CC[C@]1(C)C2=CCC[C@](C)(C(=O)OC)[C@H]2CC[C@H]1C. The van der Waals surface area contributed by atoms with E-state index >= 15 is 0 Å². The van der Waals surface area contributed by atoms with Crippen molar-refractivity contribution < 1.29 is 14.6 Å². The highest BCUT2D eigenvalue weighted by atomic mass is 16.5. The lowest BCUT2D eigenvalue weighted by atomic mass is 9.51. The van der Waals surface area contributed by atoms with Gasteiger partial charge in [-0.25, -0.2) is 0 Å². The number of rotatable bonds is 5. The molecule has 0 saturated heterocycles. The van der Waals surface area contributed by atoms with Crippen LogP contribution in [0.5, 0.6) is 0 Å². The van der Waals surface area contributed by atoms with Crippen molar-refractivity contribution in [1.82, 2.24) is 0 Å². The van der Waals surface area contributed by atoms with Crippen molar-refractivity contribution in [2.45, 2.75) is 71.8 Å². The maximum atomic E-state index is 12.5. The van der Waals surface area contributed by atoms with Gasteiger partial charge in [-0.3, -0.25) is 4.79 Å². The van der Waals surface area contributed by atoms with Gasteiger partial charge in [0.25, 0.3) is 0 Å². The summed E-state index contributed by atoms with van der Waals surface area (Å²) in [6.07, 6.45) is 9.56. The molecule has 1 fully saturated rings. The third-order valence-corrected chi connectivity index (χ3v) is 7.05. The molecule has 2 rings (SSSR count). The van der Waals surface area contributed by atoms with Crippen LogP contribution in [0.1, 0.15) is 66.2 Å². The second-order valence-electron chi connectivity index (χ2n) is 8.62. The first-order valence-electron chi connectivity index (χ1n) is 9.25. The van der Waals surface area contributed by atoms with Gasteiger partial charge in [-0.2, -0.15) is 0 Å². The number of fused-ring (bicyclic) bond motifs is 1. The van der Waals surface area contributed by atoms with Crippen LogP contribution in [0.25, 0.3) is 0 Å². The number of methoxy groups -OCH3 is 1. The average Bonchev–Trinajstić information content (AvgIpc) is 2.56. The van der Waals surface area contributed by atoms with Gasteiger partial charge in [-0.15, -0.1) is 6.58 Å². The van der Waals surface area contributed by atoms with Gasteiger partial charge in [-0.05, 0) is 69.6 Å². The Morgan fingerprint density at radius 2 is 2.17 bits per heavy atom. The van der Waals surface area contributed by atoms with Crippen LogP contribution in [-0.4, -0.2) is 23.8 Å². The van der Waals surface area contributed by atoms with E-state index in [1.165, 1.54) is 12.7 Å². The number of hydrogen-bond acceptors (Lipinski definition) is 3. The molecule has 5 atom stereocenters. The molecular formula is C21H34O3. The van der Waals surface area contributed by atoms with E-state index in [1.807, 2.05) is 6.92 Å². The molecule has 2 aliphatic carbocycles. The van der Waals surface area contributed by atoms with E-state index in [0.717, 1.165) is 32.1 Å². The third kappa shape index (κ3) is 3.20. The maximum Gasteiger partial charge on any atom is 0.312 e.